The Bertz CT molecular complexity index is 435. The molecule has 1 rings (SSSR count). The topological polar surface area (TPSA) is 55.8 Å². The van der Waals surface area contributed by atoms with Gasteiger partial charge in [-0.25, -0.2) is 4.79 Å². The number of benzene rings is 1. The van der Waals surface area contributed by atoms with E-state index in [9.17, 15) is 9.90 Å². The number of carbonyl (C=O) groups excluding carboxylic acids is 1. The summed E-state index contributed by atoms with van der Waals surface area (Å²) < 4.78 is 9.69. The van der Waals surface area contributed by atoms with E-state index >= 15 is 0 Å². The summed E-state index contributed by atoms with van der Waals surface area (Å²) in [5, 5.41) is 9.85. The zero-order chi connectivity index (χ0) is 12.8. The molecule has 0 spiro atoms. The number of carbonyl (C=O) groups is 1. The summed E-state index contributed by atoms with van der Waals surface area (Å²) in [7, 11) is 2.78. The molecule has 0 saturated heterocycles. The summed E-state index contributed by atoms with van der Waals surface area (Å²) in [5.41, 5.74) is 0.859. The fourth-order valence-electron chi connectivity index (χ4n) is 1.49. The van der Waals surface area contributed by atoms with Crippen molar-refractivity contribution < 1.29 is 19.4 Å². The smallest absolute Gasteiger partial charge is 0.338 e. The number of rotatable bonds is 4. The highest BCUT2D eigenvalue weighted by Gasteiger charge is 2.16. The molecule has 0 aromatic heterocycles. The maximum absolute atomic E-state index is 11.6. The van der Waals surface area contributed by atoms with E-state index in [1.165, 1.54) is 20.3 Å². The van der Waals surface area contributed by atoms with Crippen LogP contribution in [0, 0.1) is 0 Å². The molecule has 0 amide bonds. The molecule has 0 aliphatic carbocycles. The first kappa shape index (κ1) is 13.1. The zero-order valence-corrected chi connectivity index (χ0v) is 10.2. The molecule has 0 radical (unpaired) electrons. The first-order chi connectivity index (χ1) is 8.13. The van der Waals surface area contributed by atoms with E-state index < -0.39 is 5.97 Å². The highest BCUT2D eigenvalue weighted by atomic mass is 16.5. The summed E-state index contributed by atoms with van der Waals surface area (Å²) in [6.07, 6.45) is 4.18. The van der Waals surface area contributed by atoms with Crippen LogP contribution in [0.25, 0.3) is 0 Å². The Hall–Kier alpha value is -1.97. The van der Waals surface area contributed by atoms with Crippen molar-refractivity contribution in [3.8, 4) is 11.5 Å². The first-order valence-electron chi connectivity index (χ1n) is 5.23. The Balaban J connectivity index is 3.28. The van der Waals surface area contributed by atoms with E-state index in [1.54, 1.807) is 6.07 Å². The quantitative estimate of drug-likeness (QED) is 0.643. The Morgan fingerprint density at radius 2 is 2.12 bits per heavy atom. The number of phenols is 1. The Labute approximate surface area is 100 Å². The van der Waals surface area contributed by atoms with Gasteiger partial charge in [-0.15, -0.1) is 0 Å². The fraction of sp³-hybridized carbons (Fsp3) is 0.308. The molecule has 92 valence electrons. The van der Waals surface area contributed by atoms with Crippen LogP contribution in [0.5, 0.6) is 11.5 Å². The van der Waals surface area contributed by atoms with Crippen molar-refractivity contribution in [3.05, 3.63) is 35.4 Å². The molecule has 0 fully saturated rings. The second kappa shape index (κ2) is 5.94. The maximum Gasteiger partial charge on any atom is 0.338 e. The molecule has 1 N–H and O–H groups in total. The summed E-state index contributed by atoms with van der Waals surface area (Å²) in [4.78, 5) is 11.6. The average Bonchev–Trinajstić information content (AvgIpc) is 2.35. The number of aromatic hydroxyl groups is 1. The largest absolute Gasteiger partial charge is 0.507 e. The monoisotopic (exact) mass is 236 g/mol. The molecule has 0 heterocycles. The van der Waals surface area contributed by atoms with Crippen LogP contribution >= 0.6 is 0 Å². The Morgan fingerprint density at radius 3 is 2.65 bits per heavy atom. The van der Waals surface area contributed by atoms with Gasteiger partial charge in [0.15, 0.2) is 0 Å². The normalized spacial score (nSPS) is 10.5. The van der Waals surface area contributed by atoms with Gasteiger partial charge in [0.25, 0.3) is 0 Å². The molecule has 1 aromatic carbocycles. The van der Waals surface area contributed by atoms with Crippen LogP contribution in [0.4, 0.5) is 0 Å². The predicted molar refractivity (Wildman–Crippen MR) is 64.5 cm³/mol. The standard InChI is InChI=1S/C13H16O4/c1-4-5-6-10-11(13(15)17-3)7-9(16-2)8-12(10)14/h4-5,7-8,14H,6H2,1-3H3. The van der Waals surface area contributed by atoms with Crippen molar-refractivity contribution in [2.75, 3.05) is 14.2 Å². The highest BCUT2D eigenvalue weighted by Crippen LogP contribution is 2.29. The molecule has 0 aliphatic heterocycles. The molecule has 0 unspecified atom stereocenters. The molecule has 1 aromatic rings. The van der Waals surface area contributed by atoms with Crippen molar-refractivity contribution in [1.29, 1.82) is 0 Å². The van der Waals surface area contributed by atoms with Gasteiger partial charge in [0, 0.05) is 11.6 Å². The van der Waals surface area contributed by atoms with Gasteiger partial charge in [-0.3, -0.25) is 0 Å². The lowest BCUT2D eigenvalue weighted by atomic mass is 10.0. The second-order valence-electron chi connectivity index (χ2n) is 3.44. The number of ether oxygens (including phenoxy) is 2. The number of methoxy groups -OCH3 is 2. The van der Waals surface area contributed by atoms with E-state index in [-0.39, 0.29) is 5.75 Å². The molecule has 0 aliphatic rings. The minimum absolute atomic E-state index is 0.0304. The summed E-state index contributed by atoms with van der Waals surface area (Å²) in [6.45, 7) is 1.87. The summed E-state index contributed by atoms with van der Waals surface area (Å²) in [5.74, 6) is -0.0336. The van der Waals surface area contributed by atoms with Gasteiger partial charge in [-0.05, 0) is 19.4 Å². The highest BCUT2D eigenvalue weighted by molar-refractivity contribution is 5.92. The molecule has 0 bridgehead atoms. The molecule has 17 heavy (non-hydrogen) atoms. The van der Waals surface area contributed by atoms with Gasteiger partial charge in [-0.2, -0.15) is 0 Å². The van der Waals surface area contributed by atoms with Gasteiger partial charge in [0.1, 0.15) is 11.5 Å². The number of phenolic OH excluding ortho intramolecular Hbond substituents is 1. The van der Waals surface area contributed by atoms with Crippen molar-refractivity contribution in [2.24, 2.45) is 0 Å². The fourth-order valence-corrected chi connectivity index (χ4v) is 1.49. The second-order valence-corrected chi connectivity index (χ2v) is 3.44. The zero-order valence-electron chi connectivity index (χ0n) is 10.2. The molecule has 4 heteroatoms. The molecular weight excluding hydrogens is 220 g/mol. The lowest BCUT2D eigenvalue weighted by Gasteiger charge is -2.10. The third-order valence-corrected chi connectivity index (χ3v) is 2.40. The molecule has 4 nitrogen and oxygen atoms in total. The van der Waals surface area contributed by atoms with Crippen LogP contribution in [0.2, 0.25) is 0 Å². The van der Waals surface area contributed by atoms with Crippen molar-refractivity contribution in [3.63, 3.8) is 0 Å². The van der Waals surface area contributed by atoms with Crippen LogP contribution < -0.4 is 4.74 Å². The van der Waals surface area contributed by atoms with Crippen LogP contribution in [0.1, 0.15) is 22.8 Å². The number of esters is 1. The van der Waals surface area contributed by atoms with Crippen LogP contribution in [0.15, 0.2) is 24.3 Å². The molecular formula is C13H16O4. The third kappa shape index (κ3) is 3.00. The third-order valence-electron chi connectivity index (χ3n) is 2.40. The average molecular weight is 236 g/mol. The number of hydrogen-bond donors (Lipinski definition) is 1. The van der Waals surface area contributed by atoms with Crippen LogP contribution in [-0.4, -0.2) is 25.3 Å². The minimum Gasteiger partial charge on any atom is -0.507 e. The number of allylic oxidation sites excluding steroid dienone is 2. The lowest BCUT2D eigenvalue weighted by molar-refractivity contribution is 0.0598. The van der Waals surface area contributed by atoms with Crippen molar-refractivity contribution in [1.82, 2.24) is 0 Å². The minimum atomic E-state index is -0.487. The predicted octanol–water partition coefficient (Wildman–Crippen LogP) is 2.31. The van der Waals surface area contributed by atoms with E-state index in [0.29, 0.717) is 23.3 Å². The van der Waals surface area contributed by atoms with Gasteiger partial charge in [0.2, 0.25) is 0 Å². The Morgan fingerprint density at radius 1 is 1.41 bits per heavy atom. The maximum atomic E-state index is 11.6. The van der Waals surface area contributed by atoms with E-state index in [1.807, 2.05) is 19.1 Å². The van der Waals surface area contributed by atoms with Crippen molar-refractivity contribution in [2.45, 2.75) is 13.3 Å². The van der Waals surface area contributed by atoms with Gasteiger partial charge in [-0.1, -0.05) is 12.2 Å². The summed E-state index contributed by atoms with van der Waals surface area (Å²) >= 11 is 0. The van der Waals surface area contributed by atoms with E-state index in [0.717, 1.165) is 0 Å². The summed E-state index contributed by atoms with van der Waals surface area (Å²) in [6, 6.07) is 3.04. The van der Waals surface area contributed by atoms with Crippen LogP contribution in [-0.2, 0) is 11.2 Å². The van der Waals surface area contributed by atoms with Gasteiger partial charge in [0.05, 0.1) is 19.8 Å². The van der Waals surface area contributed by atoms with Gasteiger partial charge < -0.3 is 14.6 Å². The van der Waals surface area contributed by atoms with Crippen LogP contribution in [0.3, 0.4) is 0 Å². The van der Waals surface area contributed by atoms with Gasteiger partial charge >= 0.3 is 5.97 Å². The lowest BCUT2D eigenvalue weighted by Crippen LogP contribution is -2.06. The van der Waals surface area contributed by atoms with E-state index in [2.05, 4.69) is 4.74 Å². The SMILES string of the molecule is CC=CCc1c(O)cc(OC)cc1C(=O)OC. The Kier molecular flexibility index (Phi) is 4.57. The first-order valence-corrected chi connectivity index (χ1v) is 5.23. The molecule has 0 atom stereocenters. The number of hydrogen-bond acceptors (Lipinski definition) is 4. The van der Waals surface area contributed by atoms with E-state index in [4.69, 9.17) is 4.74 Å². The molecule has 0 saturated carbocycles. The van der Waals surface area contributed by atoms with Crippen molar-refractivity contribution >= 4 is 5.97 Å².